The first kappa shape index (κ1) is 17.0. The average Bonchev–Trinajstić information content (AvgIpc) is 2.77. The fourth-order valence-electron chi connectivity index (χ4n) is 3.91. The van der Waals surface area contributed by atoms with Crippen LogP contribution in [0.3, 0.4) is 0 Å². The zero-order valence-corrected chi connectivity index (χ0v) is 15.4. The van der Waals surface area contributed by atoms with E-state index >= 15 is 0 Å². The van der Waals surface area contributed by atoms with E-state index in [1.807, 2.05) is 32.9 Å². The maximum atomic E-state index is 12.9. The van der Waals surface area contributed by atoms with Crippen LogP contribution in [0.4, 0.5) is 0 Å². The van der Waals surface area contributed by atoms with Crippen molar-refractivity contribution in [2.24, 2.45) is 10.8 Å². The van der Waals surface area contributed by atoms with Crippen LogP contribution in [-0.4, -0.2) is 17.5 Å². The monoisotopic (exact) mass is 330 g/mol. The Morgan fingerprint density at radius 3 is 2.08 bits per heavy atom. The van der Waals surface area contributed by atoms with Crippen LogP contribution >= 0.6 is 0 Å². The Labute approximate surface area is 143 Å². The highest BCUT2D eigenvalue weighted by atomic mass is 16.6. The summed E-state index contributed by atoms with van der Waals surface area (Å²) in [6.45, 7) is 12.1. The topological polar surface area (TPSA) is 52.6 Å². The molecule has 2 aliphatic rings. The molecule has 0 unspecified atom stereocenters. The Morgan fingerprint density at radius 1 is 1.08 bits per heavy atom. The van der Waals surface area contributed by atoms with Gasteiger partial charge in [-0.25, -0.2) is 4.79 Å². The van der Waals surface area contributed by atoms with Crippen LogP contribution in [0.25, 0.3) is 0 Å². The van der Waals surface area contributed by atoms with Crippen molar-refractivity contribution in [2.45, 2.75) is 65.4 Å². The summed E-state index contributed by atoms with van der Waals surface area (Å²) in [6, 6.07) is 7.52. The Morgan fingerprint density at radius 2 is 1.67 bits per heavy atom. The molecule has 1 aromatic rings. The van der Waals surface area contributed by atoms with Crippen molar-refractivity contribution in [1.29, 1.82) is 0 Å². The van der Waals surface area contributed by atoms with E-state index in [1.165, 1.54) is 5.56 Å². The zero-order chi connectivity index (χ0) is 18.0. The lowest BCUT2D eigenvalue weighted by atomic mass is 9.66. The van der Waals surface area contributed by atoms with Gasteiger partial charge in [0.05, 0.1) is 5.41 Å². The molecule has 2 atom stereocenters. The zero-order valence-electron chi connectivity index (χ0n) is 15.4. The molecule has 3 rings (SSSR count). The molecular formula is C20H26O4. The Kier molecular flexibility index (Phi) is 3.43. The lowest BCUT2D eigenvalue weighted by Crippen LogP contribution is -2.50. The second kappa shape index (κ2) is 4.84. The second-order valence-corrected chi connectivity index (χ2v) is 8.84. The van der Waals surface area contributed by atoms with Gasteiger partial charge in [0.25, 0.3) is 0 Å². The van der Waals surface area contributed by atoms with Crippen LogP contribution < -0.4 is 4.74 Å². The molecule has 130 valence electrons. The predicted molar refractivity (Wildman–Crippen MR) is 90.7 cm³/mol. The third-order valence-corrected chi connectivity index (χ3v) is 6.34. The molecule has 0 aromatic heterocycles. The van der Waals surface area contributed by atoms with E-state index < -0.39 is 22.4 Å². The van der Waals surface area contributed by atoms with Crippen LogP contribution in [-0.2, 0) is 19.7 Å². The van der Waals surface area contributed by atoms with Gasteiger partial charge in [0, 0.05) is 5.41 Å². The molecule has 1 aliphatic heterocycles. The molecule has 4 heteroatoms. The second-order valence-electron chi connectivity index (χ2n) is 8.84. The van der Waals surface area contributed by atoms with Gasteiger partial charge in [0.1, 0.15) is 5.75 Å². The van der Waals surface area contributed by atoms with Crippen LogP contribution in [0, 0.1) is 10.8 Å². The van der Waals surface area contributed by atoms with Gasteiger partial charge in [0.2, 0.25) is 5.60 Å². The molecule has 1 aromatic carbocycles. The molecule has 2 fully saturated rings. The molecule has 24 heavy (non-hydrogen) atoms. The molecule has 4 nitrogen and oxygen atoms in total. The number of rotatable bonds is 2. The standard InChI is InChI=1S/C20H26O4/c1-17(2,3)13-7-9-14(10-8-13)23-16(22)20-12-11-19(6,15(21)24-20)18(20,4)5/h7-10H,11-12H2,1-6H3/t19-,20+/m0/s1. The Balaban J connectivity index is 1.85. The molecule has 0 spiro atoms. The third-order valence-electron chi connectivity index (χ3n) is 6.34. The molecular weight excluding hydrogens is 304 g/mol. The highest BCUT2D eigenvalue weighted by molar-refractivity contribution is 5.94. The normalized spacial score (nSPS) is 31.0. The summed E-state index contributed by atoms with van der Waals surface area (Å²) in [6.07, 6.45) is 1.16. The van der Waals surface area contributed by atoms with Crippen LogP contribution in [0.2, 0.25) is 0 Å². The SMILES string of the molecule is CC(C)(C)c1ccc(OC(=O)[C@@]23CC[C@@](C)(C(=O)O2)C3(C)C)cc1. The number of hydrogen-bond donors (Lipinski definition) is 0. The van der Waals surface area contributed by atoms with Gasteiger partial charge in [-0.1, -0.05) is 46.8 Å². The van der Waals surface area contributed by atoms with E-state index in [2.05, 4.69) is 20.8 Å². The highest BCUT2D eigenvalue weighted by Gasteiger charge is 2.76. The van der Waals surface area contributed by atoms with E-state index in [4.69, 9.17) is 9.47 Å². The quantitative estimate of drug-likeness (QED) is 0.607. The van der Waals surface area contributed by atoms with E-state index in [9.17, 15) is 9.59 Å². The van der Waals surface area contributed by atoms with Gasteiger partial charge in [-0.3, -0.25) is 4.79 Å². The van der Waals surface area contributed by atoms with Crippen molar-refractivity contribution in [3.8, 4) is 5.75 Å². The summed E-state index contributed by atoms with van der Waals surface area (Å²) >= 11 is 0. The summed E-state index contributed by atoms with van der Waals surface area (Å²) in [5, 5.41) is 0. The number of carbonyl (C=O) groups excluding carboxylic acids is 2. The molecule has 1 aliphatic carbocycles. The molecule has 1 saturated heterocycles. The number of hydrogen-bond acceptors (Lipinski definition) is 4. The highest BCUT2D eigenvalue weighted by Crippen LogP contribution is 2.65. The van der Waals surface area contributed by atoms with Gasteiger partial charge in [0.15, 0.2) is 0 Å². The Bertz CT molecular complexity index is 695. The predicted octanol–water partition coefficient (Wildman–Crippen LogP) is 4.01. The molecule has 0 radical (unpaired) electrons. The molecule has 1 saturated carbocycles. The number of benzene rings is 1. The number of fused-ring (bicyclic) bond motifs is 2. The summed E-state index contributed by atoms with van der Waals surface area (Å²) in [5.41, 5.74) is -1.18. The minimum atomic E-state index is -1.18. The molecule has 2 bridgehead atoms. The van der Waals surface area contributed by atoms with Crippen molar-refractivity contribution in [2.75, 3.05) is 0 Å². The number of carbonyl (C=O) groups is 2. The summed E-state index contributed by atoms with van der Waals surface area (Å²) in [7, 11) is 0. The van der Waals surface area contributed by atoms with Gasteiger partial charge in [-0.15, -0.1) is 0 Å². The maximum Gasteiger partial charge on any atom is 0.356 e. The molecule has 0 amide bonds. The van der Waals surface area contributed by atoms with Crippen molar-refractivity contribution in [3.63, 3.8) is 0 Å². The van der Waals surface area contributed by atoms with Crippen LogP contribution in [0.15, 0.2) is 24.3 Å². The van der Waals surface area contributed by atoms with E-state index in [-0.39, 0.29) is 11.4 Å². The van der Waals surface area contributed by atoms with Gasteiger partial charge in [-0.05, 0) is 42.9 Å². The lowest BCUT2D eigenvalue weighted by Gasteiger charge is -2.34. The van der Waals surface area contributed by atoms with Gasteiger partial charge < -0.3 is 9.47 Å². The molecule has 1 heterocycles. The third kappa shape index (κ3) is 2.04. The number of esters is 2. The van der Waals surface area contributed by atoms with Crippen molar-refractivity contribution in [1.82, 2.24) is 0 Å². The minimum absolute atomic E-state index is 0.0392. The van der Waals surface area contributed by atoms with Gasteiger partial charge >= 0.3 is 11.9 Å². The fraction of sp³-hybridized carbons (Fsp3) is 0.600. The smallest absolute Gasteiger partial charge is 0.356 e. The van der Waals surface area contributed by atoms with E-state index in [0.717, 1.165) is 0 Å². The van der Waals surface area contributed by atoms with E-state index in [0.29, 0.717) is 18.6 Å². The summed E-state index contributed by atoms with van der Waals surface area (Å²) in [5.74, 6) is -0.279. The van der Waals surface area contributed by atoms with Gasteiger partial charge in [-0.2, -0.15) is 0 Å². The van der Waals surface area contributed by atoms with Crippen molar-refractivity contribution in [3.05, 3.63) is 29.8 Å². The summed E-state index contributed by atoms with van der Waals surface area (Å²) in [4.78, 5) is 25.1. The first-order chi connectivity index (χ1) is 10.9. The lowest BCUT2D eigenvalue weighted by molar-refractivity contribution is -0.176. The first-order valence-electron chi connectivity index (χ1n) is 8.50. The maximum absolute atomic E-state index is 12.9. The van der Waals surface area contributed by atoms with Crippen molar-refractivity contribution < 1.29 is 19.1 Å². The first-order valence-corrected chi connectivity index (χ1v) is 8.50. The van der Waals surface area contributed by atoms with Crippen molar-refractivity contribution >= 4 is 11.9 Å². The summed E-state index contributed by atoms with van der Waals surface area (Å²) < 4.78 is 11.2. The van der Waals surface area contributed by atoms with Crippen LogP contribution in [0.1, 0.15) is 59.9 Å². The Hall–Kier alpha value is -1.84. The van der Waals surface area contributed by atoms with E-state index in [1.54, 1.807) is 12.1 Å². The fourth-order valence-corrected chi connectivity index (χ4v) is 3.91. The minimum Gasteiger partial charge on any atom is -0.446 e. The largest absolute Gasteiger partial charge is 0.446 e. The van der Waals surface area contributed by atoms with Crippen LogP contribution in [0.5, 0.6) is 5.75 Å². The molecule has 0 N–H and O–H groups in total. The average molecular weight is 330 g/mol. The number of ether oxygens (including phenoxy) is 2.